The largest absolute Gasteiger partial charge is 0.382 e. The van der Waals surface area contributed by atoms with E-state index in [1.807, 2.05) is 0 Å². The van der Waals surface area contributed by atoms with Gasteiger partial charge in [0, 0.05) is 11.7 Å². The first kappa shape index (κ1) is 9.57. The standard InChI is InChI=1S/C13H19N/c1-11-7-9-13(10-8-11)14-12-5-3-2-4-6-12/h2-6,11,13-14H,7-10H2,1H3. The first-order valence-corrected chi connectivity index (χ1v) is 5.66. The minimum atomic E-state index is 0.702. The maximum Gasteiger partial charge on any atom is 0.0342 e. The molecule has 1 saturated carbocycles. The fourth-order valence-corrected chi connectivity index (χ4v) is 2.17. The minimum absolute atomic E-state index is 0.702. The SMILES string of the molecule is CC1CCC(Nc2ccccc2)CC1. The zero-order chi connectivity index (χ0) is 9.80. The van der Waals surface area contributed by atoms with E-state index in [2.05, 4.69) is 42.6 Å². The molecular formula is C13H19N. The minimum Gasteiger partial charge on any atom is -0.382 e. The van der Waals surface area contributed by atoms with Crippen molar-refractivity contribution in [2.24, 2.45) is 5.92 Å². The van der Waals surface area contributed by atoms with Crippen LogP contribution in [0.3, 0.4) is 0 Å². The summed E-state index contributed by atoms with van der Waals surface area (Å²) in [5.41, 5.74) is 1.27. The molecule has 1 aromatic rings. The summed E-state index contributed by atoms with van der Waals surface area (Å²) < 4.78 is 0. The first-order chi connectivity index (χ1) is 6.84. The average Bonchev–Trinajstić information content (AvgIpc) is 2.23. The van der Waals surface area contributed by atoms with Gasteiger partial charge in [0.25, 0.3) is 0 Å². The lowest BCUT2D eigenvalue weighted by atomic mass is 9.87. The van der Waals surface area contributed by atoms with Crippen LogP contribution in [0.15, 0.2) is 30.3 Å². The second-order valence-electron chi connectivity index (χ2n) is 4.47. The van der Waals surface area contributed by atoms with Crippen molar-refractivity contribution in [2.45, 2.75) is 38.6 Å². The predicted octanol–water partition coefficient (Wildman–Crippen LogP) is 3.68. The number of benzene rings is 1. The highest BCUT2D eigenvalue weighted by Gasteiger charge is 2.17. The third-order valence-electron chi connectivity index (χ3n) is 3.16. The maximum absolute atomic E-state index is 3.60. The van der Waals surface area contributed by atoms with Crippen LogP contribution in [0.2, 0.25) is 0 Å². The highest BCUT2D eigenvalue weighted by molar-refractivity contribution is 5.43. The van der Waals surface area contributed by atoms with E-state index in [0.717, 1.165) is 5.92 Å². The monoisotopic (exact) mass is 189 g/mol. The molecule has 1 heteroatoms. The third kappa shape index (κ3) is 2.50. The molecule has 0 unspecified atom stereocenters. The van der Waals surface area contributed by atoms with Gasteiger partial charge in [-0.1, -0.05) is 25.1 Å². The van der Waals surface area contributed by atoms with E-state index in [0.29, 0.717) is 6.04 Å². The van der Waals surface area contributed by atoms with E-state index in [1.54, 1.807) is 0 Å². The van der Waals surface area contributed by atoms with Gasteiger partial charge in [-0.25, -0.2) is 0 Å². The molecule has 1 nitrogen and oxygen atoms in total. The molecule has 76 valence electrons. The Balaban J connectivity index is 1.87. The molecule has 1 N–H and O–H groups in total. The van der Waals surface area contributed by atoms with Crippen LogP contribution in [-0.4, -0.2) is 6.04 Å². The number of anilines is 1. The van der Waals surface area contributed by atoms with Gasteiger partial charge in [-0.15, -0.1) is 0 Å². The van der Waals surface area contributed by atoms with E-state index in [9.17, 15) is 0 Å². The molecule has 1 aliphatic rings. The molecule has 0 bridgehead atoms. The van der Waals surface area contributed by atoms with Gasteiger partial charge in [-0.05, 0) is 43.7 Å². The summed E-state index contributed by atoms with van der Waals surface area (Å²) in [6.07, 6.45) is 5.42. The Morgan fingerprint density at radius 1 is 1.00 bits per heavy atom. The Kier molecular flexibility index (Phi) is 3.07. The Bertz CT molecular complexity index is 260. The molecule has 0 aromatic heterocycles. The van der Waals surface area contributed by atoms with Gasteiger partial charge in [0.05, 0.1) is 0 Å². The summed E-state index contributed by atoms with van der Waals surface area (Å²) in [6, 6.07) is 11.2. The third-order valence-corrected chi connectivity index (χ3v) is 3.16. The van der Waals surface area contributed by atoms with Gasteiger partial charge >= 0.3 is 0 Å². The zero-order valence-electron chi connectivity index (χ0n) is 8.87. The molecule has 1 aliphatic carbocycles. The van der Waals surface area contributed by atoms with Crippen molar-refractivity contribution in [3.8, 4) is 0 Å². The topological polar surface area (TPSA) is 12.0 Å². The van der Waals surface area contributed by atoms with Crippen molar-refractivity contribution in [1.82, 2.24) is 0 Å². The van der Waals surface area contributed by atoms with Crippen LogP contribution in [0.5, 0.6) is 0 Å². The fraction of sp³-hybridized carbons (Fsp3) is 0.538. The van der Waals surface area contributed by atoms with Crippen molar-refractivity contribution >= 4 is 5.69 Å². The van der Waals surface area contributed by atoms with Gasteiger partial charge < -0.3 is 5.32 Å². The highest BCUT2D eigenvalue weighted by Crippen LogP contribution is 2.25. The van der Waals surface area contributed by atoms with Crippen LogP contribution in [0.4, 0.5) is 5.69 Å². The summed E-state index contributed by atoms with van der Waals surface area (Å²) >= 11 is 0. The second-order valence-corrected chi connectivity index (χ2v) is 4.47. The molecule has 0 saturated heterocycles. The van der Waals surface area contributed by atoms with Crippen LogP contribution in [0, 0.1) is 5.92 Å². The maximum atomic E-state index is 3.60. The normalized spacial score (nSPS) is 27.2. The summed E-state index contributed by atoms with van der Waals surface area (Å²) in [4.78, 5) is 0. The summed E-state index contributed by atoms with van der Waals surface area (Å²) in [5.74, 6) is 0.934. The van der Waals surface area contributed by atoms with Crippen LogP contribution in [-0.2, 0) is 0 Å². The van der Waals surface area contributed by atoms with Crippen molar-refractivity contribution in [1.29, 1.82) is 0 Å². The number of para-hydroxylation sites is 1. The Labute approximate surface area is 86.5 Å². The second kappa shape index (κ2) is 4.50. The number of hydrogen-bond acceptors (Lipinski definition) is 1. The van der Waals surface area contributed by atoms with E-state index in [4.69, 9.17) is 0 Å². The van der Waals surface area contributed by atoms with E-state index in [1.165, 1.54) is 31.4 Å². The van der Waals surface area contributed by atoms with E-state index < -0.39 is 0 Å². The average molecular weight is 189 g/mol. The molecule has 0 amide bonds. The quantitative estimate of drug-likeness (QED) is 0.748. The van der Waals surface area contributed by atoms with Gasteiger partial charge in [-0.3, -0.25) is 0 Å². The molecule has 0 atom stereocenters. The Morgan fingerprint density at radius 3 is 2.29 bits per heavy atom. The molecular weight excluding hydrogens is 170 g/mol. The zero-order valence-corrected chi connectivity index (χ0v) is 8.87. The van der Waals surface area contributed by atoms with E-state index >= 15 is 0 Å². The summed E-state index contributed by atoms with van der Waals surface area (Å²) in [6.45, 7) is 2.36. The smallest absolute Gasteiger partial charge is 0.0342 e. The molecule has 14 heavy (non-hydrogen) atoms. The van der Waals surface area contributed by atoms with Crippen molar-refractivity contribution in [3.63, 3.8) is 0 Å². The van der Waals surface area contributed by atoms with Crippen LogP contribution >= 0.6 is 0 Å². The molecule has 0 spiro atoms. The lowest BCUT2D eigenvalue weighted by molar-refractivity contribution is 0.361. The molecule has 0 aliphatic heterocycles. The summed E-state index contributed by atoms with van der Waals surface area (Å²) in [5, 5.41) is 3.60. The molecule has 2 rings (SSSR count). The van der Waals surface area contributed by atoms with Crippen molar-refractivity contribution in [2.75, 3.05) is 5.32 Å². The Morgan fingerprint density at radius 2 is 1.64 bits per heavy atom. The lowest BCUT2D eigenvalue weighted by Gasteiger charge is -2.27. The van der Waals surface area contributed by atoms with E-state index in [-0.39, 0.29) is 0 Å². The molecule has 0 heterocycles. The van der Waals surface area contributed by atoms with Crippen LogP contribution in [0.25, 0.3) is 0 Å². The van der Waals surface area contributed by atoms with Gasteiger partial charge in [0.2, 0.25) is 0 Å². The fourth-order valence-electron chi connectivity index (χ4n) is 2.17. The molecule has 1 aromatic carbocycles. The predicted molar refractivity (Wildman–Crippen MR) is 61.5 cm³/mol. The molecule has 1 fully saturated rings. The van der Waals surface area contributed by atoms with Gasteiger partial charge in [0.1, 0.15) is 0 Å². The van der Waals surface area contributed by atoms with Gasteiger partial charge in [-0.2, -0.15) is 0 Å². The lowest BCUT2D eigenvalue weighted by Crippen LogP contribution is -2.25. The number of rotatable bonds is 2. The highest BCUT2D eigenvalue weighted by atomic mass is 14.9. The van der Waals surface area contributed by atoms with Crippen LogP contribution in [0.1, 0.15) is 32.6 Å². The number of hydrogen-bond donors (Lipinski definition) is 1. The van der Waals surface area contributed by atoms with Gasteiger partial charge in [0.15, 0.2) is 0 Å². The summed E-state index contributed by atoms with van der Waals surface area (Å²) in [7, 11) is 0. The van der Waals surface area contributed by atoms with Crippen LogP contribution < -0.4 is 5.32 Å². The number of nitrogens with one attached hydrogen (secondary N) is 1. The molecule has 0 radical (unpaired) electrons. The Hall–Kier alpha value is -0.980. The first-order valence-electron chi connectivity index (χ1n) is 5.66. The van der Waals surface area contributed by atoms with Crippen molar-refractivity contribution < 1.29 is 0 Å². The van der Waals surface area contributed by atoms with Crippen molar-refractivity contribution in [3.05, 3.63) is 30.3 Å².